The van der Waals surface area contributed by atoms with Gasteiger partial charge in [-0.25, -0.2) is 10.8 Å². The van der Waals surface area contributed by atoms with Crippen LogP contribution in [0, 0.1) is 0 Å². The second kappa shape index (κ2) is 3.28. The van der Waals surface area contributed by atoms with Crippen molar-refractivity contribution in [3.05, 3.63) is 35.2 Å². The van der Waals surface area contributed by atoms with E-state index in [1.165, 1.54) is 0 Å². The molecule has 0 radical (unpaired) electrons. The quantitative estimate of drug-likeness (QED) is 0.411. The average Bonchev–Trinajstić information content (AvgIpc) is 2.55. The molecule has 0 spiro atoms. The predicted molar refractivity (Wildman–Crippen MR) is 51.9 cm³/mol. The van der Waals surface area contributed by atoms with Gasteiger partial charge in [-0.3, -0.25) is 10.2 Å². The Labute approximate surface area is 84.5 Å². The fourth-order valence-electron chi connectivity index (χ4n) is 1.18. The van der Waals surface area contributed by atoms with Gasteiger partial charge in [0.1, 0.15) is 10.8 Å². The van der Waals surface area contributed by atoms with E-state index < -0.39 is 0 Å². The molecule has 3 N–H and O–H groups in total. The van der Waals surface area contributed by atoms with Crippen molar-refractivity contribution in [2.24, 2.45) is 5.84 Å². The lowest BCUT2D eigenvalue weighted by molar-refractivity contribution is 0.0953. The smallest absolute Gasteiger partial charge is 0.266 e. The Morgan fingerprint density at radius 3 is 3.00 bits per heavy atom. The molecule has 0 aliphatic rings. The number of nitrogens with one attached hydrogen (secondary N) is 1. The van der Waals surface area contributed by atoms with E-state index >= 15 is 0 Å². The lowest BCUT2D eigenvalue weighted by Crippen LogP contribution is -2.30. The molecule has 1 amide bonds. The number of hydrogen-bond acceptors (Lipinski definition) is 3. The topological polar surface area (TPSA) is 72.4 Å². The molecule has 0 saturated carbocycles. The van der Waals surface area contributed by atoms with Gasteiger partial charge in [-0.05, 0) is 12.1 Å². The summed E-state index contributed by atoms with van der Waals surface area (Å²) in [5.74, 6) is 4.65. The number of rotatable bonds is 1. The normalized spacial score (nSPS) is 10.4. The van der Waals surface area contributed by atoms with Gasteiger partial charge in [0.15, 0.2) is 0 Å². The summed E-state index contributed by atoms with van der Waals surface area (Å²) >= 11 is 5.69. The van der Waals surface area contributed by atoms with Crippen LogP contribution in [0.25, 0.3) is 5.65 Å². The van der Waals surface area contributed by atoms with Crippen LogP contribution < -0.4 is 11.3 Å². The molecule has 0 fully saturated rings. The van der Waals surface area contributed by atoms with Crippen LogP contribution in [-0.4, -0.2) is 15.3 Å². The molecule has 2 aromatic heterocycles. The zero-order valence-corrected chi connectivity index (χ0v) is 7.82. The van der Waals surface area contributed by atoms with E-state index in [9.17, 15) is 4.79 Å². The molecule has 0 aliphatic carbocycles. The van der Waals surface area contributed by atoms with E-state index in [4.69, 9.17) is 17.4 Å². The number of aromatic nitrogens is 2. The van der Waals surface area contributed by atoms with Gasteiger partial charge in [-0.15, -0.1) is 0 Å². The Hall–Kier alpha value is -1.59. The first-order valence-electron chi connectivity index (χ1n) is 3.86. The summed E-state index contributed by atoms with van der Waals surface area (Å²) in [7, 11) is 0. The number of imidazole rings is 1. The average molecular weight is 211 g/mol. The molecular weight excluding hydrogens is 204 g/mol. The number of hydrogen-bond donors (Lipinski definition) is 2. The fourth-order valence-corrected chi connectivity index (χ4v) is 1.37. The summed E-state index contributed by atoms with van der Waals surface area (Å²) in [4.78, 5) is 15.2. The number of carbonyl (C=O) groups excluding carboxylic acids is 1. The van der Waals surface area contributed by atoms with Crippen molar-refractivity contribution in [3.63, 3.8) is 0 Å². The first-order valence-corrected chi connectivity index (χ1v) is 4.23. The van der Waals surface area contributed by atoms with Gasteiger partial charge in [0.05, 0.1) is 5.56 Å². The Morgan fingerprint density at radius 1 is 1.50 bits per heavy atom. The van der Waals surface area contributed by atoms with Crippen LogP contribution in [0.5, 0.6) is 0 Å². The maximum Gasteiger partial charge on any atom is 0.266 e. The van der Waals surface area contributed by atoms with E-state index in [0.29, 0.717) is 16.4 Å². The van der Waals surface area contributed by atoms with Crippen molar-refractivity contribution in [2.75, 3.05) is 0 Å². The molecule has 0 unspecified atom stereocenters. The van der Waals surface area contributed by atoms with E-state index in [0.717, 1.165) is 0 Å². The molecular formula is C8H7ClN4O. The Kier molecular flexibility index (Phi) is 2.11. The minimum absolute atomic E-state index is 0.350. The van der Waals surface area contributed by atoms with Gasteiger partial charge in [-0.1, -0.05) is 11.6 Å². The van der Waals surface area contributed by atoms with E-state index in [2.05, 4.69) is 4.98 Å². The molecule has 0 aliphatic heterocycles. The molecule has 6 heteroatoms. The molecule has 0 saturated heterocycles. The van der Waals surface area contributed by atoms with Crippen molar-refractivity contribution in [2.45, 2.75) is 0 Å². The second-order valence-corrected chi connectivity index (χ2v) is 3.11. The van der Waals surface area contributed by atoms with E-state index in [-0.39, 0.29) is 5.91 Å². The maximum absolute atomic E-state index is 11.2. The predicted octanol–water partition coefficient (Wildman–Crippen LogP) is 0.591. The van der Waals surface area contributed by atoms with Crippen molar-refractivity contribution in [3.8, 4) is 0 Å². The van der Waals surface area contributed by atoms with Crippen LogP contribution in [0.4, 0.5) is 0 Å². The highest BCUT2D eigenvalue weighted by Gasteiger charge is 2.05. The summed E-state index contributed by atoms with van der Waals surface area (Å²) in [5, 5.41) is 0.385. The molecule has 2 aromatic rings. The molecule has 72 valence electrons. The zero-order valence-electron chi connectivity index (χ0n) is 7.07. The van der Waals surface area contributed by atoms with Gasteiger partial charge in [-0.2, -0.15) is 0 Å². The number of amides is 1. The third-order valence-corrected chi connectivity index (χ3v) is 2.00. The van der Waals surface area contributed by atoms with Gasteiger partial charge in [0.2, 0.25) is 0 Å². The summed E-state index contributed by atoms with van der Waals surface area (Å²) in [6, 6.07) is 3.32. The van der Waals surface area contributed by atoms with Gasteiger partial charge >= 0.3 is 0 Å². The molecule has 5 nitrogen and oxygen atoms in total. The number of fused-ring (bicyclic) bond motifs is 1. The molecule has 0 atom stereocenters. The van der Waals surface area contributed by atoms with Crippen LogP contribution >= 0.6 is 11.6 Å². The summed E-state index contributed by atoms with van der Waals surface area (Å²) in [6.07, 6.45) is 3.22. The molecule has 2 rings (SSSR count). The van der Waals surface area contributed by atoms with E-state index in [1.54, 1.807) is 28.9 Å². The van der Waals surface area contributed by atoms with Crippen LogP contribution in [0.15, 0.2) is 24.5 Å². The van der Waals surface area contributed by atoms with Gasteiger partial charge in [0, 0.05) is 12.4 Å². The summed E-state index contributed by atoms with van der Waals surface area (Å²) in [5.41, 5.74) is 3.18. The number of halogens is 1. The molecule has 14 heavy (non-hydrogen) atoms. The zero-order chi connectivity index (χ0) is 10.1. The lowest BCUT2D eigenvalue weighted by atomic mass is 10.3. The number of hydrazine groups is 1. The van der Waals surface area contributed by atoms with Crippen LogP contribution in [-0.2, 0) is 0 Å². The molecule has 0 bridgehead atoms. The van der Waals surface area contributed by atoms with Gasteiger partial charge < -0.3 is 4.40 Å². The highest BCUT2D eigenvalue weighted by Crippen LogP contribution is 2.11. The number of pyridine rings is 1. The number of carbonyl (C=O) groups is 1. The van der Waals surface area contributed by atoms with Crippen LogP contribution in [0.2, 0.25) is 5.15 Å². The first kappa shape index (κ1) is 8.98. The van der Waals surface area contributed by atoms with Crippen molar-refractivity contribution < 1.29 is 4.79 Å². The second-order valence-electron chi connectivity index (χ2n) is 2.72. The number of nitrogens with two attached hydrogens (primary N) is 1. The van der Waals surface area contributed by atoms with Crippen molar-refractivity contribution in [1.29, 1.82) is 0 Å². The van der Waals surface area contributed by atoms with E-state index in [1.807, 2.05) is 5.43 Å². The Balaban J connectivity index is 2.55. The third kappa shape index (κ3) is 1.43. The minimum atomic E-state index is -0.350. The molecule has 0 aromatic carbocycles. The third-order valence-electron chi connectivity index (χ3n) is 1.81. The first-order chi connectivity index (χ1) is 6.70. The highest BCUT2D eigenvalue weighted by molar-refractivity contribution is 6.29. The monoisotopic (exact) mass is 210 g/mol. The molecule has 2 heterocycles. The van der Waals surface area contributed by atoms with Crippen molar-refractivity contribution >= 4 is 23.2 Å². The SMILES string of the molecule is NNC(=O)c1ccc2nc(Cl)cn2c1. The number of nitrogen functional groups attached to an aromatic ring is 1. The fraction of sp³-hybridized carbons (Fsp3) is 0. The summed E-state index contributed by atoms with van der Waals surface area (Å²) in [6.45, 7) is 0. The lowest BCUT2D eigenvalue weighted by Gasteiger charge is -1.99. The highest BCUT2D eigenvalue weighted by atomic mass is 35.5. The number of nitrogens with zero attached hydrogens (tertiary/aromatic N) is 2. The summed E-state index contributed by atoms with van der Waals surface area (Å²) < 4.78 is 1.66. The maximum atomic E-state index is 11.2. The van der Waals surface area contributed by atoms with Crippen LogP contribution in [0.3, 0.4) is 0 Å². The van der Waals surface area contributed by atoms with Gasteiger partial charge in [0.25, 0.3) is 5.91 Å². The Bertz CT molecular complexity index is 493. The standard InChI is InChI=1S/C8H7ClN4O/c9-6-4-13-3-5(8(14)12-10)1-2-7(13)11-6/h1-4H,10H2,(H,12,14). The minimum Gasteiger partial charge on any atom is -0.305 e. The Morgan fingerprint density at radius 2 is 2.29 bits per heavy atom. The van der Waals surface area contributed by atoms with Crippen LogP contribution in [0.1, 0.15) is 10.4 Å². The van der Waals surface area contributed by atoms with Crippen molar-refractivity contribution in [1.82, 2.24) is 14.8 Å². The largest absolute Gasteiger partial charge is 0.305 e.